The molecule has 5 aromatic rings. The number of amides is 2. The number of carbonyl (C=O) groups excluding carboxylic acids is 2. The van der Waals surface area contributed by atoms with Crippen LogP contribution in [0.1, 0.15) is 16.7 Å². The fourth-order valence-electron chi connectivity index (χ4n) is 4.63. The summed E-state index contributed by atoms with van der Waals surface area (Å²) in [5, 5.41) is 4.26. The minimum Gasteiger partial charge on any atom is -0.489 e. The Bertz CT molecular complexity index is 1660. The second-order valence-electron chi connectivity index (χ2n) is 8.90. The van der Waals surface area contributed by atoms with Crippen molar-refractivity contribution in [3.8, 4) is 5.75 Å². The van der Waals surface area contributed by atoms with E-state index in [4.69, 9.17) is 4.74 Å². The van der Waals surface area contributed by atoms with Crippen molar-refractivity contribution < 1.29 is 14.3 Å². The zero-order valence-corrected chi connectivity index (χ0v) is 20.8. The zero-order chi connectivity index (χ0) is 25.2. The lowest BCUT2D eigenvalue weighted by atomic mass is 10.0. The molecule has 0 atom stereocenters. The number of hydrogen-bond donors (Lipinski definition) is 0. The lowest BCUT2D eigenvalue weighted by molar-refractivity contribution is -0.123. The van der Waals surface area contributed by atoms with Crippen LogP contribution in [0.5, 0.6) is 5.75 Å². The molecule has 5 heteroatoms. The van der Waals surface area contributed by atoms with Gasteiger partial charge in [-0.15, -0.1) is 0 Å². The molecule has 2 amide bonds. The summed E-state index contributed by atoms with van der Waals surface area (Å²) in [6.07, 6.45) is 1.77. The number of hydrogen-bond acceptors (Lipinski definition) is 4. The average Bonchev–Trinajstić information content (AvgIpc) is 3.20. The van der Waals surface area contributed by atoms with Crippen molar-refractivity contribution in [1.29, 1.82) is 0 Å². The predicted molar refractivity (Wildman–Crippen MR) is 150 cm³/mol. The summed E-state index contributed by atoms with van der Waals surface area (Å²) >= 11 is 0.981. The van der Waals surface area contributed by atoms with Gasteiger partial charge in [0.15, 0.2) is 0 Å². The first kappa shape index (κ1) is 23.1. The summed E-state index contributed by atoms with van der Waals surface area (Å²) in [4.78, 5) is 27.5. The maximum Gasteiger partial charge on any atom is 0.293 e. The highest BCUT2D eigenvalue weighted by Crippen LogP contribution is 2.34. The Labute approximate surface area is 219 Å². The molecule has 1 fully saturated rings. The maximum atomic E-state index is 13.1. The van der Waals surface area contributed by atoms with Gasteiger partial charge in [0, 0.05) is 0 Å². The molecule has 0 N–H and O–H groups in total. The summed E-state index contributed by atoms with van der Waals surface area (Å²) in [7, 11) is 0. The van der Waals surface area contributed by atoms with Crippen molar-refractivity contribution >= 4 is 50.5 Å². The van der Waals surface area contributed by atoms with E-state index in [1.807, 2.05) is 84.9 Å². The minimum atomic E-state index is -0.265. The first-order valence-corrected chi connectivity index (χ1v) is 12.9. The molecule has 0 bridgehead atoms. The van der Waals surface area contributed by atoms with Gasteiger partial charge in [-0.05, 0) is 68.2 Å². The van der Waals surface area contributed by atoms with Crippen molar-refractivity contribution in [2.75, 3.05) is 0 Å². The summed E-state index contributed by atoms with van der Waals surface area (Å²) in [6, 6.07) is 36.0. The molecule has 0 unspecified atom stereocenters. The van der Waals surface area contributed by atoms with Crippen LogP contribution in [0.2, 0.25) is 0 Å². The first-order chi connectivity index (χ1) is 18.2. The van der Waals surface area contributed by atoms with E-state index in [1.54, 1.807) is 6.08 Å². The Hall–Kier alpha value is -4.35. The lowest BCUT2D eigenvalue weighted by Gasteiger charge is -2.14. The van der Waals surface area contributed by atoms with Crippen LogP contribution in [0.15, 0.2) is 114 Å². The molecule has 37 heavy (non-hydrogen) atoms. The lowest BCUT2D eigenvalue weighted by Crippen LogP contribution is -2.27. The Morgan fingerprint density at radius 1 is 0.676 bits per heavy atom. The zero-order valence-electron chi connectivity index (χ0n) is 20.0. The largest absolute Gasteiger partial charge is 0.489 e. The van der Waals surface area contributed by atoms with Crippen molar-refractivity contribution in [3.63, 3.8) is 0 Å². The molecule has 0 spiro atoms. The monoisotopic (exact) mass is 501 g/mol. The van der Waals surface area contributed by atoms with Gasteiger partial charge < -0.3 is 4.74 Å². The quantitative estimate of drug-likeness (QED) is 0.223. The van der Waals surface area contributed by atoms with Gasteiger partial charge >= 0.3 is 0 Å². The summed E-state index contributed by atoms with van der Waals surface area (Å²) in [5.41, 5.74) is 2.92. The Morgan fingerprint density at radius 2 is 1.27 bits per heavy atom. The molecule has 0 radical (unpaired) electrons. The third-order valence-corrected chi connectivity index (χ3v) is 7.44. The Kier molecular flexibility index (Phi) is 6.21. The molecule has 1 saturated heterocycles. The summed E-state index contributed by atoms with van der Waals surface area (Å²) in [6.45, 7) is 0.720. The second kappa shape index (κ2) is 9.96. The van der Waals surface area contributed by atoms with E-state index in [1.165, 1.54) is 15.7 Å². The van der Waals surface area contributed by atoms with E-state index in [0.717, 1.165) is 45.0 Å². The van der Waals surface area contributed by atoms with E-state index in [9.17, 15) is 9.59 Å². The highest BCUT2D eigenvalue weighted by molar-refractivity contribution is 8.18. The molecule has 1 heterocycles. The van der Waals surface area contributed by atoms with Gasteiger partial charge in [0.2, 0.25) is 0 Å². The van der Waals surface area contributed by atoms with E-state index >= 15 is 0 Å². The normalized spacial score (nSPS) is 14.7. The third-order valence-electron chi connectivity index (χ3n) is 6.53. The highest BCUT2D eigenvalue weighted by atomic mass is 32.2. The van der Waals surface area contributed by atoms with E-state index in [-0.39, 0.29) is 17.7 Å². The van der Waals surface area contributed by atoms with Gasteiger partial charge in [0.25, 0.3) is 11.1 Å². The molecule has 5 aromatic carbocycles. The van der Waals surface area contributed by atoms with Crippen molar-refractivity contribution in [2.45, 2.75) is 13.2 Å². The maximum absolute atomic E-state index is 13.1. The SMILES string of the molecule is O=C1S/C(=C/c2ccc(OCc3cccc4ccccc34)cc2)C(=O)N1Cc1cccc2ccccc12. The molecule has 0 aromatic heterocycles. The van der Waals surface area contributed by atoms with Crippen LogP contribution in [0, 0.1) is 0 Å². The van der Waals surface area contributed by atoms with Gasteiger partial charge in [0.1, 0.15) is 12.4 Å². The number of rotatable bonds is 6. The number of imide groups is 1. The van der Waals surface area contributed by atoms with Crippen LogP contribution in [-0.2, 0) is 17.9 Å². The van der Waals surface area contributed by atoms with Crippen molar-refractivity contribution in [3.05, 3.63) is 131 Å². The van der Waals surface area contributed by atoms with E-state index in [0.29, 0.717) is 11.5 Å². The number of benzene rings is 5. The number of thioether (sulfide) groups is 1. The van der Waals surface area contributed by atoms with Crippen LogP contribution in [-0.4, -0.2) is 16.0 Å². The van der Waals surface area contributed by atoms with Crippen LogP contribution in [0.25, 0.3) is 27.6 Å². The molecule has 1 aliphatic rings. The molecule has 4 nitrogen and oxygen atoms in total. The van der Waals surface area contributed by atoms with Gasteiger partial charge in [-0.25, -0.2) is 0 Å². The molecular formula is C32H23NO3S. The third kappa shape index (κ3) is 4.74. The number of fused-ring (bicyclic) bond motifs is 2. The average molecular weight is 502 g/mol. The molecule has 0 aliphatic carbocycles. The minimum absolute atomic E-state index is 0.251. The first-order valence-electron chi connectivity index (χ1n) is 12.1. The summed E-state index contributed by atoms with van der Waals surface area (Å²) in [5.74, 6) is 0.480. The van der Waals surface area contributed by atoms with Gasteiger partial charge in [0.05, 0.1) is 11.4 Å². The van der Waals surface area contributed by atoms with Crippen molar-refractivity contribution in [1.82, 2.24) is 4.90 Å². The number of carbonyl (C=O) groups is 2. The Balaban J connectivity index is 1.15. The van der Waals surface area contributed by atoms with Crippen LogP contribution in [0.4, 0.5) is 4.79 Å². The fraction of sp³-hybridized carbons (Fsp3) is 0.0625. The smallest absolute Gasteiger partial charge is 0.293 e. The molecular weight excluding hydrogens is 478 g/mol. The van der Waals surface area contributed by atoms with E-state index in [2.05, 4.69) is 24.3 Å². The van der Waals surface area contributed by atoms with E-state index < -0.39 is 0 Å². The standard InChI is InChI=1S/C32H23NO3S/c34-31-30(37-32(35)33(31)20-25-11-5-9-23-7-1-3-13-28(23)25)19-22-15-17-27(18-16-22)36-21-26-12-6-10-24-8-2-4-14-29(24)26/h1-19H,20-21H2/b30-19+. The predicted octanol–water partition coefficient (Wildman–Crippen LogP) is 7.81. The Morgan fingerprint density at radius 3 is 1.97 bits per heavy atom. The fourth-order valence-corrected chi connectivity index (χ4v) is 5.47. The molecule has 6 rings (SSSR count). The van der Waals surface area contributed by atoms with Gasteiger partial charge in [-0.1, -0.05) is 97.1 Å². The van der Waals surface area contributed by atoms with Crippen LogP contribution in [0.3, 0.4) is 0 Å². The van der Waals surface area contributed by atoms with Crippen LogP contribution >= 0.6 is 11.8 Å². The molecule has 0 saturated carbocycles. The van der Waals surface area contributed by atoms with Gasteiger partial charge in [-0.3, -0.25) is 14.5 Å². The van der Waals surface area contributed by atoms with Crippen LogP contribution < -0.4 is 4.74 Å². The van der Waals surface area contributed by atoms with Gasteiger partial charge in [-0.2, -0.15) is 0 Å². The topological polar surface area (TPSA) is 46.6 Å². The molecule has 180 valence electrons. The molecule has 1 aliphatic heterocycles. The second-order valence-corrected chi connectivity index (χ2v) is 9.90. The summed E-state index contributed by atoms with van der Waals surface area (Å²) < 4.78 is 6.03. The van der Waals surface area contributed by atoms with Crippen molar-refractivity contribution in [2.24, 2.45) is 0 Å². The number of ether oxygens (including phenoxy) is 1. The number of nitrogens with zero attached hydrogens (tertiary/aromatic N) is 1. The highest BCUT2D eigenvalue weighted by Gasteiger charge is 2.35.